The Morgan fingerprint density at radius 3 is 2.74 bits per heavy atom. The standard InChI is InChI=1S/C16H11ClF4N4O2/c17-10-3-12(7-22-6-10)25-14(5-15(24-25)23-8-26)9-1-11(18)4-13(2-9)27-16(19,20)21/h1-6,8,22H,7H2,(H,23,24,26). The molecule has 3 rings (SSSR count). The summed E-state index contributed by atoms with van der Waals surface area (Å²) in [5.74, 6) is -1.53. The molecule has 27 heavy (non-hydrogen) atoms. The first-order valence-corrected chi connectivity index (χ1v) is 7.80. The van der Waals surface area contributed by atoms with Crippen molar-refractivity contribution in [3.05, 3.63) is 47.4 Å². The van der Waals surface area contributed by atoms with Crippen molar-refractivity contribution in [1.82, 2.24) is 15.1 Å². The summed E-state index contributed by atoms with van der Waals surface area (Å²) in [7, 11) is 0. The summed E-state index contributed by atoms with van der Waals surface area (Å²) in [5.41, 5.74) is 0.816. The highest BCUT2D eigenvalue weighted by atomic mass is 35.5. The zero-order valence-corrected chi connectivity index (χ0v) is 14.1. The molecule has 1 aliphatic rings. The van der Waals surface area contributed by atoms with Crippen molar-refractivity contribution in [2.75, 3.05) is 11.9 Å². The van der Waals surface area contributed by atoms with Gasteiger partial charge in [0.05, 0.1) is 23.0 Å². The van der Waals surface area contributed by atoms with E-state index in [1.807, 2.05) is 0 Å². The molecule has 142 valence electrons. The van der Waals surface area contributed by atoms with Crippen molar-refractivity contribution < 1.29 is 27.1 Å². The van der Waals surface area contributed by atoms with Crippen LogP contribution in [0.2, 0.25) is 0 Å². The SMILES string of the molecule is O=CNc1cc(-c2cc(F)cc(OC(F)(F)F)c2)n(C2=CC(Cl)=CNC2)n1. The third-order valence-corrected chi connectivity index (χ3v) is 3.63. The highest BCUT2D eigenvalue weighted by Gasteiger charge is 2.31. The summed E-state index contributed by atoms with van der Waals surface area (Å²) in [4.78, 5) is 10.7. The van der Waals surface area contributed by atoms with Gasteiger partial charge in [-0.2, -0.15) is 0 Å². The lowest BCUT2D eigenvalue weighted by molar-refractivity contribution is -0.274. The molecule has 11 heteroatoms. The lowest BCUT2D eigenvalue weighted by atomic mass is 10.1. The van der Waals surface area contributed by atoms with Gasteiger partial charge in [-0.25, -0.2) is 9.07 Å². The van der Waals surface area contributed by atoms with Crippen LogP contribution in [-0.4, -0.2) is 29.1 Å². The van der Waals surface area contributed by atoms with Gasteiger partial charge in [0.15, 0.2) is 5.82 Å². The summed E-state index contributed by atoms with van der Waals surface area (Å²) in [6.45, 7) is 0.298. The van der Waals surface area contributed by atoms with E-state index in [1.54, 1.807) is 12.3 Å². The van der Waals surface area contributed by atoms with E-state index in [9.17, 15) is 22.4 Å². The summed E-state index contributed by atoms with van der Waals surface area (Å²) >= 11 is 5.95. The van der Waals surface area contributed by atoms with Gasteiger partial charge in [0.2, 0.25) is 6.41 Å². The van der Waals surface area contributed by atoms with E-state index in [2.05, 4.69) is 20.5 Å². The van der Waals surface area contributed by atoms with Crippen LogP contribution in [0.4, 0.5) is 23.4 Å². The van der Waals surface area contributed by atoms with Crippen molar-refractivity contribution in [2.24, 2.45) is 0 Å². The number of allylic oxidation sites excluding steroid dienone is 2. The molecule has 0 atom stereocenters. The average Bonchev–Trinajstić information content (AvgIpc) is 2.97. The second-order valence-electron chi connectivity index (χ2n) is 5.36. The number of anilines is 1. The molecule has 1 aromatic carbocycles. The van der Waals surface area contributed by atoms with Gasteiger partial charge in [-0.1, -0.05) is 11.6 Å². The molecular weight excluding hydrogens is 392 g/mol. The second kappa shape index (κ2) is 7.31. The first-order valence-electron chi connectivity index (χ1n) is 7.42. The molecule has 1 aromatic heterocycles. The number of alkyl halides is 3. The molecule has 0 saturated heterocycles. The van der Waals surface area contributed by atoms with Gasteiger partial charge in [0.25, 0.3) is 0 Å². The molecule has 6 nitrogen and oxygen atoms in total. The number of carbonyl (C=O) groups is 1. The fraction of sp³-hybridized carbons (Fsp3) is 0.125. The van der Waals surface area contributed by atoms with Gasteiger partial charge < -0.3 is 15.4 Å². The van der Waals surface area contributed by atoms with Crippen LogP contribution in [0.25, 0.3) is 17.0 Å². The van der Waals surface area contributed by atoms with E-state index < -0.39 is 17.9 Å². The summed E-state index contributed by atoms with van der Waals surface area (Å²) < 4.78 is 56.4. The van der Waals surface area contributed by atoms with E-state index in [0.29, 0.717) is 29.8 Å². The maximum Gasteiger partial charge on any atom is 0.573 e. The molecule has 0 fully saturated rings. The number of ether oxygens (including phenoxy) is 1. The number of hydrogen-bond donors (Lipinski definition) is 2. The Labute approximate surface area is 155 Å². The molecule has 0 unspecified atom stereocenters. The quantitative estimate of drug-likeness (QED) is 0.591. The van der Waals surface area contributed by atoms with Gasteiger partial charge in [-0.3, -0.25) is 4.79 Å². The zero-order valence-electron chi connectivity index (χ0n) is 13.3. The molecule has 2 heterocycles. The maximum absolute atomic E-state index is 13.9. The van der Waals surface area contributed by atoms with Crippen LogP contribution in [0.5, 0.6) is 5.75 Å². The lowest BCUT2D eigenvalue weighted by Gasteiger charge is -2.16. The van der Waals surface area contributed by atoms with Crippen LogP contribution in [-0.2, 0) is 4.79 Å². The van der Waals surface area contributed by atoms with Gasteiger partial charge in [-0.15, -0.1) is 18.3 Å². The highest BCUT2D eigenvalue weighted by molar-refractivity contribution is 6.31. The summed E-state index contributed by atoms with van der Waals surface area (Å²) in [6, 6.07) is 4.04. The summed E-state index contributed by atoms with van der Waals surface area (Å²) in [6.07, 6.45) is -1.45. The van der Waals surface area contributed by atoms with Crippen molar-refractivity contribution in [3.63, 3.8) is 0 Å². The fourth-order valence-corrected chi connectivity index (χ4v) is 2.68. The number of hydrogen-bond acceptors (Lipinski definition) is 4. The molecule has 0 aliphatic carbocycles. The third-order valence-electron chi connectivity index (χ3n) is 3.42. The van der Waals surface area contributed by atoms with Crippen LogP contribution in [0, 0.1) is 5.82 Å². The van der Waals surface area contributed by atoms with Crippen molar-refractivity contribution in [3.8, 4) is 17.0 Å². The number of benzene rings is 1. The first kappa shape index (κ1) is 18.8. The Morgan fingerprint density at radius 1 is 1.30 bits per heavy atom. The van der Waals surface area contributed by atoms with Crippen molar-refractivity contribution in [2.45, 2.75) is 6.36 Å². The Hall–Kier alpha value is -3.01. The number of dihydropyridines is 1. The Bertz CT molecular complexity index is 937. The van der Waals surface area contributed by atoms with E-state index in [1.165, 1.54) is 10.7 Å². The monoisotopic (exact) mass is 402 g/mol. The van der Waals surface area contributed by atoms with Crippen LogP contribution in [0.3, 0.4) is 0 Å². The zero-order chi connectivity index (χ0) is 19.6. The first-order chi connectivity index (χ1) is 12.7. The van der Waals surface area contributed by atoms with E-state index in [-0.39, 0.29) is 17.1 Å². The smallest absolute Gasteiger partial charge is 0.406 e. The fourth-order valence-electron chi connectivity index (χ4n) is 2.48. The Kier molecular flexibility index (Phi) is 5.08. The van der Waals surface area contributed by atoms with Crippen LogP contribution < -0.4 is 15.4 Å². The molecule has 1 aliphatic heterocycles. The van der Waals surface area contributed by atoms with E-state index in [0.717, 1.165) is 12.1 Å². The average molecular weight is 403 g/mol. The van der Waals surface area contributed by atoms with Crippen molar-refractivity contribution >= 4 is 29.5 Å². The third kappa shape index (κ3) is 4.59. The minimum Gasteiger partial charge on any atom is -0.406 e. The predicted molar refractivity (Wildman–Crippen MR) is 90.2 cm³/mol. The van der Waals surface area contributed by atoms with Gasteiger partial charge in [-0.05, 0) is 18.2 Å². The molecule has 0 saturated carbocycles. The molecule has 2 aromatic rings. The molecular formula is C16H11ClF4N4O2. The van der Waals surface area contributed by atoms with Gasteiger partial charge >= 0.3 is 6.36 Å². The largest absolute Gasteiger partial charge is 0.573 e. The van der Waals surface area contributed by atoms with Crippen LogP contribution in [0.1, 0.15) is 0 Å². The van der Waals surface area contributed by atoms with Gasteiger partial charge in [0, 0.05) is 23.9 Å². The minimum atomic E-state index is -4.97. The van der Waals surface area contributed by atoms with Crippen molar-refractivity contribution in [1.29, 1.82) is 0 Å². The van der Waals surface area contributed by atoms with Gasteiger partial charge in [0.1, 0.15) is 11.6 Å². The van der Waals surface area contributed by atoms with Crippen LogP contribution >= 0.6 is 11.6 Å². The minimum absolute atomic E-state index is 0.0623. The molecule has 0 spiro atoms. The molecule has 0 bridgehead atoms. The Morgan fingerprint density at radius 2 is 2.07 bits per heavy atom. The molecule has 0 radical (unpaired) electrons. The maximum atomic E-state index is 13.9. The predicted octanol–water partition coefficient (Wildman–Crippen LogP) is 3.68. The number of nitrogens with zero attached hydrogens (tertiary/aromatic N) is 2. The number of halogens is 5. The van der Waals surface area contributed by atoms with Crippen LogP contribution in [0.15, 0.2) is 41.6 Å². The second-order valence-corrected chi connectivity index (χ2v) is 5.79. The number of nitrogens with one attached hydrogen (secondary N) is 2. The molecule has 2 N–H and O–H groups in total. The normalized spacial score (nSPS) is 14.1. The van der Waals surface area contributed by atoms with E-state index >= 15 is 0 Å². The summed E-state index contributed by atoms with van der Waals surface area (Å²) in [5, 5.41) is 9.77. The Balaban J connectivity index is 2.10. The number of carbonyl (C=O) groups excluding carboxylic acids is 1. The highest BCUT2D eigenvalue weighted by Crippen LogP contribution is 2.32. The number of aromatic nitrogens is 2. The number of rotatable bonds is 5. The number of amides is 1. The molecule has 1 amide bonds. The lowest BCUT2D eigenvalue weighted by Crippen LogP contribution is -2.19. The topological polar surface area (TPSA) is 68.2 Å². The van der Waals surface area contributed by atoms with E-state index in [4.69, 9.17) is 11.6 Å².